The maximum Gasteiger partial charge on any atom is 0.255 e. The third kappa shape index (κ3) is 5.16. The largest absolute Gasteiger partial charge is 0.395 e. The Labute approximate surface area is 113 Å². The summed E-state index contributed by atoms with van der Waals surface area (Å²) in [5.41, 5.74) is 0.401. The van der Waals surface area contributed by atoms with E-state index in [2.05, 4.69) is 0 Å². The minimum Gasteiger partial charge on any atom is -0.395 e. The molecule has 1 aromatic carbocycles. The van der Waals surface area contributed by atoms with Crippen LogP contribution in [0.25, 0.3) is 0 Å². The third-order valence-electron chi connectivity index (χ3n) is 2.69. The fraction of sp³-hybridized carbons (Fsp3) is 0.462. The molecule has 7 heteroatoms. The molecule has 0 spiro atoms. The van der Waals surface area contributed by atoms with Crippen LogP contribution < -0.4 is 0 Å². The highest BCUT2D eigenvalue weighted by Crippen LogP contribution is 2.11. The first-order chi connectivity index (χ1) is 9.43. The van der Waals surface area contributed by atoms with Crippen molar-refractivity contribution in [1.29, 1.82) is 0 Å². The molecule has 0 bridgehead atoms. The van der Waals surface area contributed by atoms with Crippen LogP contribution in [0.15, 0.2) is 18.2 Å². The van der Waals surface area contributed by atoms with E-state index in [1.54, 1.807) is 0 Å². The molecule has 0 aliphatic rings. The summed E-state index contributed by atoms with van der Waals surface area (Å²) < 4.78 is 50.2. The van der Waals surface area contributed by atoms with Gasteiger partial charge in [0.15, 0.2) is 11.6 Å². The Morgan fingerprint density at radius 2 is 1.95 bits per heavy atom. The number of amides is 1. The Hall–Kier alpha value is -1.63. The van der Waals surface area contributed by atoms with E-state index >= 15 is 0 Å². The molecule has 0 atom stereocenters. The van der Waals surface area contributed by atoms with Gasteiger partial charge in [-0.1, -0.05) is 6.07 Å². The van der Waals surface area contributed by atoms with Crippen LogP contribution in [0.2, 0.25) is 0 Å². The average molecular weight is 293 g/mol. The van der Waals surface area contributed by atoms with Gasteiger partial charge in [-0.3, -0.25) is 4.79 Å². The van der Waals surface area contributed by atoms with Crippen molar-refractivity contribution in [3.8, 4) is 0 Å². The van der Waals surface area contributed by atoms with Crippen LogP contribution in [0.1, 0.15) is 12.0 Å². The van der Waals surface area contributed by atoms with Crippen molar-refractivity contribution in [2.75, 3.05) is 19.7 Å². The van der Waals surface area contributed by atoms with Gasteiger partial charge in [-0.2, -0.15) is 0 Å². The highest BCUT2D eigenvalue weighted by atomic mass is 19.3. The minimum atomic E-state index is -2.69. The predicted octanol–water partition coefficient (Wildman–Crippen LogP) is 1.98. The molecular weight excluding hydrogens is 278 g/mol. The quantitative estimate of drug-likeness (QED) is 0.781. The first kappa shape index (κ1) is 16.4. The van der Waals surface area contributed by atoms with Crippen LogP contribution in [0, 0.1) is 11.6 Å². The molecule has 1 aromatic rings. The normalized spacial score (nSPS) is 10.9. The first-order valence-electron chi connectivity index (χ1n) is 6.04. The van der Waals surface area contributed by atoms with Gasteiger partial charge in [-0.25, -0.2) is 17.6 Å². The second-order valence-corrected chi connectivity index (χ2v) is 4.20. The predicted molar refractivity (Wildman–Crippen MR) is 64.3 cm³/mol. The highest BCUT2D eigenvalue weighted by Gasteiger charge is 2.17. The van der Waals surface area contributed by atoms with Crippen molar-refractivity contribution in [3.05, 3.63) is 35.4 Å². The number of aliphatic hydroxyl groups is 1. The van der Waals surface area contributed by atoms with E-state index in [1.807, 2.05) is 0 Å². The zero-order valence-electron chi connectivity index (χ0n) is 10.7. The second-order valence-electron chi connectivity index (χ2n) is 4.20. The molecule has 112 valence electrons. The van der Waals surface area contributed by atoms with Crippen molar-refractivity contribution < 1.29 is 27.5 Å². The smallest absolute Gasteiger partial charge is 0.255 e. The van der Waals surface area contributed by atoms with Crippen LogP contribution in [-0.2, 0) is 11.2 Å². The number of benzene rings is 1. The summed E-state index contributed by atoms with van der Waals surface area (Å²) in [5.74, 6) is -2.57. The van der Waals surface area contributed by atoms with Crippen molar-refractivity contribution in [3.63, 3.8) is 0 Å². The van der Waals surface area contributed by atoms with Crippen LogP contribution in [0.5, 0.6) is 0 Å². The van der Waals surface area contributed by atoms with E-state index in [4.69, 9.17) is 5.11 Å². The molecule has 0 aliphatic heterocycles. The molecule has 1 rings (SSSR count). The Morgan fingerprint density at radius 3 is 2.50 bits per heavy atom. The molecule has 0 aliphatic carbocycles. The fourth-order valence-corrected chi connectivity index (χ4v) is 1.71. The summed E-state index contributed by atoms with van der Waals surface area (Å²) in [6.45, 7) is -1.35. The number of aliphatic hydroxyl groups excluding tert-OH is 1. The second kappa shape index (κ2) is 7.84. The zero-order chi connectivity index (χ0) is 15.1. The molecule has 0 saturated carbocycles. The average Bonchev–Trinajstić information content (AvgIpc) is 2.39. The molecule has 1 amide bonds. The van der Waals surface area contributed by atoms with Gasteiger partial charge in [-0.15, -0.1) is 0 Å². The molecular formula is C13H15F4NO2. The van der Waals surface area contributed by atoms with Crippen molar-refractivity contribution in [2.24, 2.45) is 0 Å². The maximum absolute atomic E-state index is 13.0. The fourth-order valence-electron chi connectivity index (χ4n) is 1.71. The lowest BCUT2D eigenvalue weighted by molar-refractivity contribution is -0.133. The van der Waals surface area contributed by atoms with Gasteiger partial charge in [-0.05, 0) is 24.1 Å². The van der Waals surface area contributed by atoms with E-state index in [0.717, 1.165) is 17.0 Å². The SMILES string of the molecule is O=C(CCc1ccc(F)c(F)c1)N(CCO)CC(F)F. The minimum absolute atomic E-state index is 0.112. The molecule has 1 N–H and O–H groups in total. The number of alkyl halides is 2. The van der Waals surface area contributed by atoms with Crippen molar-refractivity contribution in [1.82, 2.24) is 4.90 Å². The lowest BCUT2D eigenvalue weighted by atomic mass is 10.1. The van der Waals surface area contributed by atoms with Gasteiger partial charge in [0.2, 0.25) is 5.91 Å². The lowest BCUT2D eigenvalue weighted by Crippen LogP contribution is -2.37. The summed E-state index contributed by atoms with van der Waals surface area (Å²) >= 11 is 0. The number of aryl methyl sites for hydroxylation is 1. The maximum atomic E-state index is 13.0. The highest BCUT2D eigenvalue weighted by molar-refractivity contribution is 5.76. The van der Waals surface area contributed by atoms with Gasteiger partial charge in [0.1, 0.15) is 0 Å². The molecule has 0 aromatic heterocycles. The molecule has 0 unspecified atom stereocenters. The Balaban J connectivity index is 2.57. The number of hydrogen-bond acceptors (Lipinski definition) is 2. The van der Waals surface area contributed by atoms with E-state index in [9.17, 15) is 22.4 Å². The molecule has 20 heavy (non-hydrogen) atoms. The monoisotopic (exact) mass is 293 g/mol. The number of rotatable bonds is 7. The Kier molecular flexibility index (Phi) is 6.44. The van der Waals surface area contributed by atoms with Crippen molar-refractivity contribution in [2.45, 2.75) is 19.3 Å². The van der Waals surface area contributed by atoms with Crippen LogP contribution in [-0.4, -0.2) is 42.0 Å². The van der Waals surface area contributed by atoms with Crippen LogP contribution in [0.4, 0.5) is 17.6 Å². The molecule has 0 heterocycles. The third-order valence-corrected chi connectivity index (χ3v) is 2.69. The van der Waals surface area contributed by atoms with Crippen LogP contribution in [0.3, 0.4) is 0 Å². The summed E-state index contributed by atoms with van der Waals surface area (Å²) in [7, 11) is 0. The summed E-state index contributed by atoms with van der Waals surface area (Å²) in [4.78, 5) is 12.6. The number of hydrogen-bond donors (Lipinski definition) is 1. The lowest BCUT2D eigenvalue weighted by Gasteiger charge is -2.21. The van der Waals surface area contributed by atoms with Gasteiger partial charge in [0, 0.05) is 13.0 Å². The zero-order valence-corrected chi connectivity index (χ0v) is 10.7. The van der Waals surface area contributed by atoms with Gasteiger partial charge < -0.3 is 10.0 Å². The van der Waals surface area contributed by atoms with Gasteiger partial charge in [0.25, 0.3) is 6.43 Å². The Morgan fingerprint density at radius 1 is 1.25 bits per heavy atom. The van der Waals surface area contributed by atoms with Crippen LogP contribution >= 0.6 is 0 Å². The molecule has 3 nitrogen and oxygen atoms in total. The van der Waals surface area contributed by atoms with Gasteiger partial charge in [0.05, 0.1) is 13.2 Å². The van der Waals surface area contributed by atoms with Crippen molar-refractivity contribution >= 4 is 5.91 Å². The first-order valence-corrected chi connectivity index (χ1v) is 6.04. The number of carbonyl (C=O) groups is 1. The number of halogens is 4. The Bertz CT molecular complexity index is 454. The van der Waals surface area contributed by atoms with E-state index in [0.29, 0.717) is 5.56 Å². The van der Waals surface area contributed by atoms with E-state index < -0.39 is 37.1 Å². The molecule has 0 radical (unpaired) electrons. The van der Waals surface area contributed by atoms with Gasteiger partial charge >= 0.3 is 0 Å². The number of nitrogens with zero attached hydrogens (tertiary/aromatic N) is 1. The number of carbonyl (C=O) groups excluding carboxylic acids is 1. The summed E-state index contributed by atoms with van der Waals surface area (Å²) in [6, 6.07) is 3.24. The summed E-state index contributed by atoms with van der Waals surface area (Å²) in [6.07, 6.45) is -2.69. The van der Waals surface area contributed by atoms with E-state index in [1.165, 1.54) is 6.07 Å². The topological polar surface area (TPSA) is 40.5 Å². The standard InChI is InChI=1S/C13H15F4NO2/c14-10-3-1-9(7-11(10)15)2-4-13(20)18(5-6-19)8-12(16)17/h1,3,7,12,19H,2,4-6,8H2. The molecule has 0 fully saturated rings. The van der Waals surface area contributed by atoms with E-state index in [-0.39, 0.29) is 19.4 Å². The molecule has 0 saturated heterocycles. The summed E-state index contributed by atoms with van der Waals surface area (Å²) in [5, 5.41) is 8.72.